The number of benzene rings is 2. The Hall–Kier alpha value is -2.35. The van der Waals surface area contributed by atoms with E-state index >= 15 is 0 Å². The van der Waals surface area contributed by atoms with Crippen molar-refractivity contribution in [3.63, 3.8) is 0 Å². The molecule has 0 amide bonds. The number of aryl methyl sites for hydroxylation is 1. The molecule has 0 saturated carbocycles. The molecule has 3 rings (SSSR count). The highest BCUT2D eigenvalue weighted by atomic mass is 15.0. The van der Waals surface area contributed by atoms with Crippen molar-refractivity contribution in [3.05, 3.63) is 60.2 Å². The van der Waals surface area contributed by atoms with Crippen LogP contribution in [0.2, 0.25) is 0 Å². The van der Waals surface area contributed by atoms with Gasteiger partial charge in [-0.05, 0) is 30.5 Å². The van der Waals surface area contributed by atoms with Gasteiger partial charge >= 0.3 is 0 Å². The molecule has 0 fully saturated rings. The van der Waals surface area contributed by atoms with Gasteiger partial charge in [0.15, 0.2) is 0 Å². The lowest BCUT2D eigenvalue weighted by molar-refractivity contribution is 0.968. The summed E-state index contributed by atoms with van der Waals surface area (Å²) in [6.07, 6.45) is 1.10. The molecule has 106 valence electrons. The molecule has 2 aromatic carbocycles. The average molecular weight is 276 g/mol. The minimum atomic E-state index is 0.951. The number of rotatable bonds is 4. The first-order valence-electron chi connectivity index (χ1n) is 7.49. The van der Waals surface area contributed by atoms with Crippen molar-refractivity contribution >= 4 is 16.7 Å². The molecule has 0 saturated heterocycles. The Morgan fingerprint density at radius 2 is 1.81 bits per heavy atom. The number of nitrogens with zero attached hydrogens (tertiary/aromatic N) is 1. The van der Waals surface area contributed by atoms with Crippen molar-refractivity contribution in [1.29, 1.82) is 0 Å². The molecule has 0 aliphatic carbocycles. The van der Waals surface area contributed by atoms with E-state index in [1.165, 1.54) is 22.1 Å². The molecule has 1 N–H and O–H groups in total. The molecule has 21 heavy (non-hydrogen) atoms. The highest BCUT2D eigenvalue weighted by Crippen LogP contribution is 2.29. The summed E-state index contributed by atoms with van der Waals surface area (Å²) >= 11 is 0. The third kappa shape index (κ3) is 2.75. The van der Waals surface area contributed by atoms with Gasteiger partial charge < -0.3 is 5.32 Å². The highest BCUT2D eigenvalue weighted by Gasteiger charge is 2.08. The van der Waals surface area contributed by atoms with Crippen LogP contribution in [0.5, 0.6) is 0 Å². The molecule has 2 heteroatoms. The maximum atomic E-state index is 4.88. The lowest BCUT2D eigenvalue weighted by Gasteiger charge is -2.12. The molecular weight excluding hydrogens is 256 g/mol. The SMILES string of the molecule is CCCNc1nc2c(-c3ccccc3)cccc2cc1C. The van der Waals surface area contributed by atoms with Gasteiger partial charge in [-0.3, -0.25) is 0 Å². The smallest absolute Gasteiger partial charge is 0.129 e. The van der Waals surface area contributed by atoms with Crippen LogP contribution in [0.4, 0.5) is 5.82 Å². The Kier molecular flexibility index (Phi) is 3.87. The average Bonchev–Trinajstić information content (AvgIpc) is 2.53. The fourth-order valence-electron chi connectivity index (χ4n) is 2.58. The van der Waals surface area contributed by atoms with Crippen LogP contribution in [-0.2, 0) is 0 Å². The van der Waals surface area contributed by atoms with Gasteiger partial charge in [0.05, 0.1) is 5.52 Å². The monoisotopic (exact) mass is 276 g/mol. The molecule has 0 spiro atoms. The van der Waals surface area contributed by atoms with Gasteiger partial charge in [0.2, 0.25) is 0 Å². The summed E-state index contributed by atoms with van der Waals surface area (Å²) in [5.74, 6) is 0.993. The van der Waals surface area contributed by atoms with E-state index < -0.39 is 0 Å². The third-order valence-corrected chi connectivity index (χ3v) is 3.66. The molecule has 1 heterocycles. The quantitative estimate of drug-likeness (QED) is 0.722. The molecule has 1 aromatic heterocycles. The maximum Gasteiger partial charge on any atom is 0.129 e. The first-order chi connectivity index (χ1) is 10.3. The van der Waals surface area contributed by atoms with Crippen LogP contribution >= 0.6 is 0 Å². The molecule has 0 aliphatic heterocycles. The predicted molar refractivity (Wildman–Crippen MR) is 90.7 cm³/mol. The first-order valence-corrected chi connectivity index (χ1v) is 7.49. The Balaban J connectivity index is 2.17. The zero-order valence-corrected chi connectivity index (χ0v) is 12.6. The largest absolute Gasteiger partial charge is 0.370 e. The Morgan fingerprint density at radius 1 is 1.00 bits per heavy atom. The number of anilines is 1. The highest BCUT2D eigenvalue weighted by molar-refractivity contribution is 5.95. The molecule has 3 aromatic rings. The lowest BCUT2D eigenvalue weighted by atomic mass is 10.0. The number of aromatic nitrogens is 1. The number of para-hydroxylation sites is 1. The van der Waals surface area contributed by atoms with Crippen LogP contribution in [0.25, 0.3) is 22.0 Å². The van der Waals surface area contributed by atoms with Crippen LogP contribution in [0.15, 0.2) is 54.6 Å². The Labute approximate surface area is 125 Å². The number of pyridine rings is 1. The van der Waals surface area contributed by atoms with Crippen molar-refractivity contribution < 1.29 is 0 Å². The fraction of sp³-hybridized carbons (Fsp3) is 0.211. The van der Waals surface area contributed by atoms with Crippen LogP contribution in [-0.4, -0.2) is 11.5 Å². The summed E-state index contributed by atoms with van der Waals surface area (Å²) in [4.78, 5) is 4.88. The van der Waals surface area contributed by atoms with Gasteiger partial charge in [0, 0.05) is 17.5 Å². The van der Waals surface area contributed by atoms with Crippen molar-refractivity contribution in [1.82, 2.24) is 4.98 Å². The van der Waals surface area contributed by atoms with Gasteiger partial charge in [-0.2, -0.15) is 0 Å². The Morgan fingerprint density at radius 3 is 2.57 bits per heavy atom. The zero-order chi connectivity index (χ0) is 14.7. The van der Waals surface area contributed by atoms with Crippen molar-refractivity contribution in [2.24, 2.45) is 0 Å². The summed E-state index contributed by atoms with van der Waals surface area (Å²) in [5.41, 5.74) is 4.66. The lowest BCUT2D eigenvalue weighted by Crippen LogP contribution is -2.04. The van der Waals surface area contributed by atoms with Crippen LogP contribution in [0.1, 0.15) is 18.9 Å². The van der Waals surface area contributed by atoms with Crippen LogP contribution in [0, 0.1) is 6.92 Å². The minimum absolute atomic E-state index is 0.951. The number of nitrogens with one attached hydrogen (secondary N) is 1. The first kappa shape index (κ1) is 13.6. The Bertz CT molecular complexity index is 748. The van der Waals surface area contributed by atoms with Gasteiger partial charge in [-0.1, -0.05) is 55.5 Å². The van der Waals surface area contributed by atoms with E-state index in [1.54, 1.807) is 0 Å². The van der Waals surface area contributed by atoms with E-state index in [4.69, 9.17) is 4.98 Å². The second-order valence-electron chi connectivity index (χ2n) is 5.32. The normalized spacial score (nSPS) is 10.8. The molecule has 0 radical (unpaired) electrons. The van der Waals surface area contributed by atoms with Gasteiger partial charge in [-0.15, -0.1) is 0 Å². The summed E-state index contributed by atoms with van der Waals surface area (Å²) in [5, 5.41) is 4.61. The molecule has 0 aliphatic rings. The van der Waals surface area contributed by atoms with E-state index in [-0.39, 0.29) is 0 Å². The zero-order valence-electron chi connectivity index (χ0n) is 12.6. The third-order valence-electron chi connectivity index (χ3n) is 3.66. The second kappa shape index (κ2) is 5.96. The van der Waals surface area contributed by atoms with Crippen molar-refractivity contribution in [2.45, 2.75) is 20.3 Å². The summed E-state index contributed by atoms with van der Waals surface area (Å²) in [6.45, 7) is 5.23. The summed E-state index contributed by atoms with van der Waals surface area (Å²) in [6, 6.07) is 19.0. The minimum Gasteiger partial charge on any atom is -0.370 e. The molecule has 0 atom stereocenters. The van der Waals surface area contributed by atoms with Crippen LogP contribution in [0.3, 0.4) is 0 Å². The maximum absolute atomic E-state index is 4.88. The molecule has 0 bridgehead atoms. The topological polar surface area (TPSA) is 24.9 Å². The number of hydrogen-bond donors (Lipinski definition) is 1. The van der Waals surface area contributed by atoms with E-state index in [2.05, 4.69) is 67.7 Å². The van der Waals surface area contributed by atoms with Crippen molar-refractivity contribution in [3.8, 4) is 11.1 Å². The molecule has 2 nitrogen and oxygen atoms in total. The standard InChI is InChI=1S/C19H20N2/c1-3-12-20-19-14(2)13-16-10-7-11-17(18(16)21-19)15-8-5-4-6-9-15/h4-11,13H,3,12H2,1-2H3,(H,20,21). The fourth-order valence-corrected chi connectivity index (χ4v) is 2.58. The van der Waals surface area contributed by atoms with Gasteiger partial charge in [0.25, 0.3) is 0 Å². The molecular formula is C19H20N2. The summed E-state index contributed by atoms with van der Waals surface area (Å²) in [7, 11) is 0. The van der Waals surface area contributed by atoms with E-state index in [1.807, 2.05) is 6.07 Å². The van der Waals surface area contributed by atoms with E-state index in [9.17, 15) is 0 Å². The van der Waals surface area contributed by atoms with Gasteiger partial charge in [-0.25, -0.2) is 4.98 Å². The predicted octanol–water partition coefficient (Wildman–Crippen LogP) is 5.03. The number of hydrogen-bond acceptors (Lipinski definition) is 2. The molecule has 0 unspecified atom stereocenters. The van der Waals surface area contributed by atoms with Gasteiger partial charge in [0.1, 0.15) is 5.82 Å². The van der Waals surface area contributed by atoms with E-state index in [0.29, 0.717) is 0 Å². The summed E-state index contributed by atoms with van der Waals surface area (Å²) < 4.78 is 0. The van der Waals surface area contributed by atoms with E-state index in [0.717, 1.165) is 24.3 Å². The number of fused-ring (bicyclic) bond motifs is 1. The van der Waals surface area contributed by atoms with Crippen molar-refractivity contribution in [2.75, 3.05) is 11.9 Å². The van der Waals surface area contributed by atoms with Crippen LogP contribution < -0.4 is 5.32 Å². The second-order valence-corrected chi connectivity index (χ2v) is 5.32.